The zero-order valence-corrected chi connectivity index (χ0v) is 16.5. The number of fused-ring (bicyclic) bond motifs is 1. The maximum Gasteiger partial charge on any atom is 0.273 e. The third-order valence-corrected chi connectivity index (χ3v) is 4.64. The second-order valence-corrected chi connectivity index (χ2v) is 6.63. The number of methoxy groups -OCH3 is 1. The molecule has 0 saturated carbocycles. The average molecular weight is 399 g/mol. The van der Waals surface area contributed by atoms with Gasteiger partial charge in [-0.05, 0) is 35.4 Å². The van der Waals surface area contributed by atoms with E-state index in [0.717, 1.165) is 22.0 Å². The molecule has 0 aliphatic rings. The Kier molecular flexibility index (Phi) is 5.75. The summed E-state index contributed by atoms with van der Waals surface area (Å²) in [7, 11) is 1.59. The smallest absolute Gasteiger partial charge is 0.273 e. The van der Waals surface area contributed by atoms with Crippen LogP contribution in [0.3, 0.4) is 0 Å². The first-order valence-corrected chi connectivity index (χ1v) is 9.49. The van der Waals surface area contributed by atoms with Crippen LogP contribution in [0.15, 0.2) is 84.1 Å². The van der Waals surface area contributed by atoms with E-state index in [1.165, 1.54) is 0 Å². The molecule has 0 aliphatic carbocycles. The van der Waals surface area contributed by atoms with Crippen LogP contribution in [-0.4, -0.2) is 24.2 Å². The van der Waals surface area contributed by atoms with Crippen molar-refractivity contribution in [3.8, 4) is 11.5 Å². The van der Waals surface area contributed by atoms with Crippen molar-refractivity contribution in [1.29, 1.82) is 0 Å². The Hall–Kier alpha value is -4.06. The van der Waals surface area contributed by atoms with E-state index in [4.69, 9.17) is 9.47 Å². The predicted molar refractivity (Wildman–Crippen MR) is 117 cm³/mol. The molecule has 6 nitrogen and oxygen atoms in total. The summed E-state index contributed by atoms with van der Waals surface area (Å²) >= 11 is 0. The van der Waals surface area contributed by atoms with Gasteiger partial charge in [-0.3, -0.25) is 4.79 Å². The number of nitrogens with one attached hydrogen (secondary N) is 2. The molecule has 6 heteroatoms. The summed E-state index contributed by atoms with van der Waals surface area (Å²) in [6.07, 6.45) is 3.24. The summed E-state index contributed by atoms with van der Waals surface area (Å²) in [6.45, 7) is 0.450. The van der Waals surface area contributed by atoms with E-state index in [2.05, 4.69) is 15.5 Å². The van der Waals surface area contributed by atoms with Crippen molar-refractivity contribution in [3.63, 3.8) is 0 Å². The lowest BCUT2D eigenvalue weighted by atomic mass is 10.2. The van der Waals surface area contributed by atoms with E-state index in [0.29, 0.717) is 23.7 Å². The molecule has 1 aromatic heterocycles. The van der Waals surface area contributed by atoms with Crippen molar-refractivity contribution < 1.29 is 14.3 Å². The minimum Gasteiger partial charge on any atom is -0.493 e. The fourth-order valence-electron chi connectivity index (χ4n) is 3.10. The van der Waals surface area contributed by atoms with Gasteiger partial charge in [0.15, 0.2) is 11.5 Å². The Morgan fingerprint density at radius 2 is 1.83 bits per heavy atom. The van der Waals surface area contributed by atoms with E-state index in [1.807, 2.05) is 72.8 Å². The Morgan fingerprint density at radius 1 is 1.03 bits per heavy atom. The Balaban J connectivity index is 1.41. The summed E-state index contributed by atoms with van der Waals surface area (Å²) < 4.78 is 11.3. The number of H-pyrrole nitrogens is 1. The van der Waals surface area contributed by atoms with Crippen LogP contribution in [0.5, 0.6) is 11.5 Å². The first kappa shape index (κ1) is 19.3. The van der Waals surface area contributed by atoms with Crippen LogP contribution in [0.4, 0.5) is 0 Å². The number of benzene rings is 3. The highest BCUT2D eigenvalue weighted by atomic mass is 16.5. The number of nitrogens with zero attached hydrogens (tertiary/aromatic N) is 1. The van der Waals surface area contributed by atoms with Gasteiger partial charge in [0.05, 0.1) is 18.9 Å². The lowest BCUT2D eigenvalue weighted by Crippen LogP contribution is -2.17. The molecule has 4 rings (SSSR count). The summed E-state index contributed by atoms with van der Waals surface area (Å²) in [5.74, 6) is 0.956. The summed E-state index contributed by atoms with van der Waals surface area (Å²) in [4.78, 5) is 15.5. The topological polar surface area (TPSA) is 75.7 Å². The summed E-state index contributed by atoms with van der Waals surface area (Å²) in [5.41, 5.74) is 5.86. The molecule has 4 aromatic rings. The Morgan fingerprint density at radius 3 is 2.67 bits per heavy atom. The fourth-order valence-corrected chi connectivity index (χ4v) is 3.10. The molecule has 2 N–H and O–H groups in total. The van der Waals surface area contributed by atoms with Crippen molar-refractivity contribution in [3.05, 3.63) is 95.7 Å². The van der Waals surface area contributed by atoms with Gasteiger partial charge >= 0.3 is 0 Å². The van der Waals surface area contributed by atoms with Gasteiger partial charge in [-0.15, -0.1) is 0 Å². The quantitative estimate of drug-likeness (QED) is 0.354. The second-order valence-electron chi connectivity index (χ2n) is 6.63. The zero-order chi connectivity index (χ0) is 20.8. The first-order chi connectivity index (χ1) is 14.7. The average Bonchev–Trinajstić information content (AvgIpc) is 3.23. The normalized spacial score (nSPS) is 11.0. The number of amides is 1. The molecule has 150 valence electrons. The van der Waals surface area contributed by atoms with Crippen molar-refractivity contribution in [2.24, 2.45) is 5.10 Å². The van der Waals surface area contributed by atoms with Gasteiger partial charge in [0.25, 0.3) is 5.91 Å². The van der Waals surface area contributed by atoms with Gasteiger partial charge in [-0.25, -0.2) is 5.43 Å². The van der Waals surface area contributed by atoms with Gasteiger partial charge in [-0.2, -0.15) is 5.10 Å². The minimum atomic E-state index is -0.279. The molecule has 0 spiro atoms. The molecular weight excluding hydrogens is 378 g/mol. The number of aromatic amines is 1. The predicted octanol–water partition coefficient (Wildman–Crippen LogP) is 4.52. The molecule has 3 aromatic carbocycles. The number of rotatable bonds is 7. The zero-order valence-electron chi connectivity index (χ0n) is 16.5. The Bertz CT molecular complexity index is 1180. The number of aromatic nitrogens is 1. The van der Waals surface area contributed by atoms with Crippen LogP contribution in [0.25, 0.3) is 10.9 Å². The molecule has 0 unspecified atom stereocenters. The highest BCUT2D eigenvalue weighted by Crippen LogP contribution is 2.28. The lowest BCUT2D eigenvalue weighted by Gasteiger charge is -2.11. The molecule has 30 heavy (non-hydrogen) atoms. The van der Waals surface area contributed by atoms with Crippen LogP contribution in [0, 0.1) is 0 Å². The van der Waals surface area contributed by atoms with E-state index in [1.54, 1.807) is 19.5 Å². The summed E-state index contributed by atoms with van der Waals surface area (Å²) in [6, 6.07) is 23.0. The van der Waals surface area contributed by atoms with E-state index < -0.39 is 0 Å². The molecular formula is C24H21N3O3. The molecule has 0 radical (unpaired) electrons. The monoisotopic (exact) mass is 399 g/mol. The molecule has 0 saturated heterocycles. The minimum absolute atomic E-state index is 0.279. The molecule has 1 amide bonds. The van der Waals surface area contributed by atoms with Crippen LogP contribution in [-0.2, 0) is 6.61 Å². The highest BCUT2D eigenvalue weighted by Gasteiger charge is 2.10. The maximum atomic E-state index is 12.4. The van der Waals surface area contributed by atoms with Gasteiger partial charge in [0.1, 0.15) is 6.61 Å². The lowest BCUT2D eigenvalue weighted by molar-refractivity contribution is 0.0957. The number of ether oxygens (including phenoxy) is 2. The molecule has 0 atom stereocenters. The summed E-state index contributed by atoms with van der Waals surface area (Å²) in [5, 5.41) is 4.92. The first-order valence-electron chi connectivity index (χ1n) is 9.49. The molecule has 0 bridgehead atoms. The van der Waals surface area contributed by atoms with Crippen molar-refractivity contribution in [2.45, 2.75) is 6.61 Å². The van der Waals surface area contributed by atoms with E-state index >= 15 is 0 Å². The van der Waals surface area contributed by atoms with Gasteiger partial charge < -0.3 is 14.5 Å². The standard InChI is InChI=1S/C24H21N3O3/c1-29-23-13-18(11-12-22(23)30-16-17-7-3-2-4-8-17)14-26-27-24(28)20-15-25-21-10-6-5-9-19(20)21/h2-15,25H,16H2,1H3,(H,27,28). The van der Waals surface area contributed by atoms with Crippen LogP contribution >= 0.6 is 0 Å². The number of carbonyl (C=O) groups is 1. The fraction of sp³-hybridized carbons (Fsp3) is 0.0833. The largest absolute Gasteiger partial charge is 0.493 e. The molecule has 1 heterocycles. The number of para-hydroxylation sites is 1. The number of hydrogen-bond donors (Lipinski definition) is 2. The third kappa shape index (κ3) is 4.33. The SMILES string of the molecule is COc1cc(C=NNC(=O)c2c[nH]c3ccccc23)ccc1OCc1ccccc1. The van der Waals surface area contributed by atoms with Crippen molar-refractivity contribution in [2.75, 3.05) is 7.11 Å². The van der Waals surface area contributed by atoms with Gasteiger partial charge in [-0.1, -0.05) is 48.5 Å². The number of hydrogen-bond acceptors (Lipinski definition) is 4. The van der Waals surface area contributed by atoms with E-state index in [-0.39, 0.29) is 5.91 Å². The van der Waals surface area contributed by atoms with Crippen molar-refractivity contribution >= 4 is 23.0 Å². The van der Waals surface area contributed by atoms with Crippen molar-refractivity contribution in [1.82, 2.24) is 10.4 Å². The number of hydrazone groups is 1. The van der Waals surface area contributed by atoms with Gasteiger partial charge in [0, 0.05) is 17.1 Å². The highest BCUT2D eigenvalue weighted by molar-refractivity contribution is 6.06. The van der Waals surface area contributed by atoms with Crippen LogP contribution < -0.4 is 14.9 Å². The van der Waals surface area contributed by atoms with Crippen LogP contribution in [0.1, 0.15) is 21.5 Å². The Labute approximate surface area is 174 Å². The number of carbonyl (C=O) groups excluding carboxylic acids is 1. The van der Waals surface area contributed by atoms with Gasteiger partial charge in [0.2, 0.25) is 0 Å². The van der Waals surface area contributed by atoms with Crippen LogP contribution in [0.2, 0.25) is 0 Å². The third-order valence-electron chi connectivity index (χ3n) is 4.64. The molecule has 0 fully saturated rings. The second kappa shape index (κ2) is 8.96. The maximum absolute atomic E-state index is 12.4. The molecule has 0 aliphatic heterocycles. The van der Waals surface area contributed by atoms with E-state index in [9.17, 15) is 4.79 Å².